The highest BCUT2D eigenvalue weighted by Crippen LogP contribution is 2.25. The molecule has 0 spiro atoms. The molecule has 2 heteroatoms. The van der Waals surface area contributed by atoms with E-state index in [1.165, 1.54) is 12.1 Å². The second kappa shape index (κ2) is 6.84. The Balaban J connectivity index is 2.12. The summed E-state index contributed by atoms with van der Waals surface area (Å²) in [6.45, 7) is 6.18. The van der Waals surface area contributed by atoms with Crippen LogP contribution in [0.4, 0.5) is 8.78 Å². The summed E-state index contributed by atoms with van der Waals surface area (Å²) < 4.78 is 27.1. The fraction of sp³-hybridized carbons (Fsp3) is 0.368. The first-order valence-electron chi connectivity index (χ1n) is 7.55. The van der Waals surface area contributed by atoms with Crippen molar-refractivity contribution in [1.82, 2.24) is 0 Å². The van der Waals surface area contributed by atoms with Crippen LogP contribution in [-0.2, 0) is 6.42 Å². The molecule has 0 saturated carbocycles. The number of halogens is 2. The second-order valence-corrected chi connectivity index (χ2v) is 5.82. The SMILES string of the molecule is CCC(C)c1ccc(CC(C)c2ccc(F)cc2)cc1F. The molecule has 2 aromatic carbocycles. The third kappa shape index (κ3) is 3.90. The third-order valence-corrected chi connectivity index (χ3v) is 4.19. The Hall–Kier alpha value is -1.70. The summed E-state index contributed by atoms with van der Waals surface area (Å²) in [6.07, 6.45) is 1.69. The van der Waals surface area contributed by atoms with Gasteiger partial charge in [0.05, 0.1) is 0 Å². The van der Waals surface area contributed by atoms with Crippen molar-refractivity contribution in [3.8, 4) is 0 Å². The summed E-state index contributed by atoms with van der Waals surface area (Å²) in [5, 5.41) is 0. The van der Waals surface area contributed by atoms with E-state index >= 15 is 0 Å². The minimum Gasteiger partial charge on any atom is -0.207 e. The van der Waals surface area contributed by atoms with Crippen LogP contribution in [0.15, 0.2) is 42.5 Å². The van der Waals surface area contributed by atoms with E-state index in [2.05, 4.69) is 13.8 Å². The van der Waals surface area contributed by atoms with Gasteiger partial charge in [-0.1, -0.05) is 45.0 Å². The summed E-state index contributed by atoms with van der Waals surface area (Å²) in [5.74, 6) is 0.135. The molecule has 112 valence electrons. The average molecular weight is 288 g/mol. The molecule has 21 heavy (non-hydrogen) atoms. The van der Waals surface area contributed by atoms with Gasteiger partial charge in [-0.15, -0.1) is 0 Å². The van der Waals surface area contributed by atoms with E-state index in [4.69, 9.17) is 0 Å². The van der Waals surface area contributed by atoms with Crippen LogP contribution in [0.3, 0.4) is 0 Å². The van der Waals surface area contributed by atoms with Gasteiger partial charge in [-0.05, 0) is 59.6 Å². The van der Waals surface area contributed by atoms with Crippen molar-refractivity contribution in [2.24, 2.45) is 0 Å². The molecule has 2 unspecified atom stereocenters. The van der Waals surface area contributed by atoms with Crippen molar-refractivity contribution in [2.75, 3.05) is 0 Å². The largest absolute Gasteiger partial charge is 0.207 e. The second-order valence-electron chi connectivity index (χ2n) is 5.82. The lowest BCUT2D eigenvalue weighted by Crippen LogP contribution is -2.01. The molecule has 2 aromatic rings. The summed E-state index contributed by atoms with van der Waals surface area (Å²) in [5.41, 5.74) is 2.84. The molecule has 0 nitrogen and oxygen atoms in total. The molecular weight excluding hydrogens is 266 g/mol. The molecule has 0 radical (unpaired) electrons. The zero-order chi connectivity index (χ0) is 15.4. The molecular formula is C19H22F2. The molecule has 0 bridgehead atoms. The monoisotopic (exact) mass is 288 g/mol. The van der Waals surface area contributed by atoms with Gasteiger partial charge in [-0.3, -0.25) is 0 Å². The predicted molar refractivity (Wildman–Crippen MR) is 83.6 cm³/mol. The zero-order valence-corrected chi connectivity index (χ0v) is 12.9. The number of benzene rings is 2. The molecule has 2 rings (SSSR count). The summed E-state index contributed by atoms with van der Waals surface area (Å²) in [4.78, 5) is 0. The Morgan fingerprint density at radius 1 is 0.905 bits per heavy atom. The van der Waals surface area contributed by atoms with Crippen LogP contribution in [0.2, 0.25) is 0 Å². The van der Waals surface area contributed by atoms with Crippen molar-refractivity contribution < 1.29 is 8.78 Å². The van der Waals surface area contributed by atoms with E-state index in [0.717, 1.165) is 29.5 Å². The fourth-order valence-electron chi connectivity index (χ4n) is 2.58. The normalized spacial score (nSPS) is 14.0. The van der Waals surface area contributed by atoms with Crippen LogP contribution in [0.25, 0.3) is 0 Å². The van der Waals surface area contributed by atoms with Gasteiger partial charge < -0.3 is 0 Å². The molecule has 2 atom stereocenters. The van der Waals surface area contributed by atoms with Gasteiger partial charge in [0, 0.05) is 0 Å². The predicted octanol–water partition coefficient (Wildman–Crippen LogP) is 5.82. The molecule has 0 aromatic heterocycles. The van der Waals surface area contributed by atoms with Gasteiger partial charge in [-0.2, -0.15) is 0 Å². The first kappa shape index (κ1) is 15.7. The van der Waals surface area contributed by atoms with Crippen LogP contribution in [-0.4, -0.2) is 0 Å². The number of hydrogen-bond donors (Lipinski definition) is 0. The topological polar surface area (TPSA) is 0 Å². The minimum atomic E-state index is -0.227. The number of hydrogen-bond acceptors (Lipinski definition) is 0. The van der Waals surface area contributed by atoms with E-state index < -0.39 is 0 Å². The Labute approximate surface area is 125 Å². The Bertz CT molecular complexity index is 587. The maximum absolute atomic E-state index is 14.1. The molecule has 0 aliphatic rings. The molecule has 0 heterocycles. The molecule has 0 aliphatic heterocycles. The minimum absolute atomic E-state index is 0.117. The van der Waals surface area contributed by atoms with Crippen molar-refractivity contribution >= 4 is 0 Å². The molecule has 0 aliphatic carbocycles. The van der Waals surface area contributed by atoms with Crippen molar-refractivity contribution in [3.63, 3.8) is 0 Å². The van der Waals surface area contributed by atoms with Gasteiger partial charge in [0.25, 0.3) is 0 Å². The lowest BCUT2D eigenvalue weighted by Gasteiger charge is -2.15. The standard InChI is InChI=1S/C19H22F2/c1-4-13(2)18-10-5-15(12-19(18)21)11-14(3)16-6-8-17(20)9-7-16/h5-10,12-14H,4,11H2,1-3H3. The van der Waals surface area contributed by atoms with Gasteiger partial charge in [0.2, 0.25) is 0 Å². The third-order valence-electron chi connectivity index (χ3n) is 4.19. The first-order chi connectivity index (χ1) is 10.0. The van der Waals surface area contributed by atoms with Crippen LogP contribution in [0.5, 0.6) is 0 Å². The van der Waals surface area contributed by atoms with E-state index in [1.54, 1.807) is 18.2 Å². The lowest BCUT2D eigenvalue weighted by molar-refractivity contribution is 0.580. The zero-order valence-electron chi connectivity index (χ0n) is 12.9. The lowest BCUT2D eigenvalue weighted by atomic mass is 9.91. The van der Waals surface area contributed by atoms with Crippen LogP contribution >= 0.6 is 0 Å². The maximum atomic E-state index is 14.1. The van der Waals surface area contributed by atoms with Gasteiger partial charge in [0.1, 0.15) is 11.6 Å². The quantitative estimate of drug-likeness (QED) is 0.650. The average Bonchev–Trinajstić information content (AvgIpc) is 2.47. The van der Waals surface area contributed by atoms with Crippen molar-refractivity contribution in [2.45, 2.75) is 45.4 Å². The maximum Gasteiger partial charge on any atom is 0.126 e. The number of rotatable bonds is 5. The fourth-order valence-corrected chi connectivity index (χ4v) is 2.58. The first-order valence-corrected chi connectivity index (χ1v) is 7.55. The van der Waals surface area contributed by atoms with Crippen LogP contribution in [0.1, 0.15) is 55.7 Å². The van der Waals surface area contributed by atoms with Crippen LogP contribution in [0, 0.1) is 11.6 Å². The Morgan fingerprint density at radius 3 is 2.14 bits per heavy atom. The Morgan fingerprint density at radius 2 is 1.57 bits per heavy atom. The summed E-state index contributed by atoms with van der Waals surface area (Å²) in [6, 6.07) is 12.1. The van der Waals surface area contributed by atoms with Crippen LogP contribution < -0.4 is 0 Å². The van der Waals surface area contributed by atoms with E-state index in [9.17, 15) is 8.78 Å². The molecule has 0 amide bonds. The van der Waals surface area contributed by atoms with Gasteiger partial charge >= 0.3 is 0 Å². The molecule has 0 fully saturated rings. The van der Waals surface area contributed by atoms with E-state index in [0.29, 0.717) is 0 Å². The smallest absolute Gasteiger partial charge is 0.126 e. The molecule has 0 saturated heterocycles. The Kier molecular flexibility index (Phi) is 5.11. The van der Waals surface area contributed by atoms with Crippen molar-refractivity contribution in [1.29, 1.82) is 0 Å². The van der Waals surface area contributed by atoms with Gasteiger partial charge in [-0.25, -0.2) is 8.78 Å². The summed E-state index contributed by atoms with van der Waals surface area (Å²) in [7, 11) is 0. The van der Waals surface area contributed by atoms with Gasteiger partial charge in [0.15, 0.2) is 0 Å². The summed E-state index contributed by atoms with van der Waals surface area (Å²) >= 11 is 0. The van der Waals surface area contributed by atoms with E-state index in [-0.39, 0.29) is 23.5 Å². The van der Waals surface area contributed by atoms with Crippen molar-refractivity contribution in [3.05, 3.63) is 70.8 Å². The molecule has 0 N–H and O–H groups in total. The highest BCUT2D eigenvalue weighted by atomic mass is 19.1. The van der Waals surface area contributed by atoms with E-state index in [1.807, 2.05) is 19.1 Å². The highest BCUT2D eigenvalue weighted by Gasteiger charge is 2.12. The highest BCUT2D eigenvalue weighted by molar-refractivity contribution is 5.29.